The van der Waals surface area contributed by atoms with Gasteiger partial charge in [-0.15, -0.1) is 6.92 Å². The summed E-state index contributed by atoms with van der Waals surface area (Å²) in [5, 5.41) is 0. The first-order valence-electron chi connectivity index (χ1n) is 2.77. The molecule has 1 radical (unpaired) electrons. The summed E-state index contributed by atoms with van der Waals surface area (Å²) in [5.74, 6) is 0. The van der Waals surface area contributed by atoms with Gasteiger partial charge in [0, 0.05) is 32.7 Å². The maximum Gasteiger partial charge on any atom is 0 e. The molecule has 2 heteroatoms. The molecule has 0 unspecified atom stereocenters. The average molecular weight is 222 g/mol. The zero-order valence-corrected chi connectivity index (χ0v) is 8.67. The van der Waals surface area contributed by atoms with Crippen LogP contribution in [0.15, 0.2) is 29.3 Å². The molecular formula is C9H11NY-2. The first-order chi connectivity index (χ1) is 4.43. The molecule has 1 aromatic rings. The zero-order chi connectivity index (χ0) is 6.53. The van der Waals surface area contributed by atoms with Crippen molar-refractivity contribution < 1.29 is 32.7 Å². The smallest absolute Gasteiger partial charge is 0 e. The van der Waals surface area contributed by atoms with Crippen LogP contribution in [0.4, 0.5) is 5.69 Å². The van der Waals surface area contributed by atoms with Crippen LogP contribution < -0.4 is 0 Å². The molecule has 1 aromatic carbocycles. The fraction of sp³-hybridized carbons (Fsp3) is 0.222. The Hall–Kier alpha value is -0.00610. The molecule has 1 rings (SSSR count). The topological polar surface area (TPSA) is 12.4 Å². The van der Waals surface area contributed by atoms with E-state index in [1.165, 1.54) is 0 Å². The van der Waals surface area contributed by atoms with E-state index in [1.54, 1.807) is 6.92 Å². The third-order valence-electron chi connectivity index (χ3n) is 0.925. The van der Waals surface area contributed by atoms with Crippen molar-refractivity contribution in [2.45, 2.75) is 14.4 Å². The van der Waals surface area contributed by atoms with Gasteiger partial charge in [-0.1, -0.05) is 7.43 Å². The van der Waals surface area contributed by atoms with Gasteiger partial charge in [-0.05, 0) is 0 Å². The van der Waals surface area contributed by atoms with Crippen molar-refractivity contribution in [2.75, 3.05) is 0 Å². The predicted molar refractivity (Wildman–Crippen MR) is 44.8 cm³/mol. The molecule has 0 N–H and O–H groups in total. The van der Waals surface area contributed by atoms with Gasteiger partial charge < -0.3 is 4.99 Å². The molecule has 0 spiro atoms. The molecule has 0 aliphatic heterocycles. The SMILES string of the molecule is C.C[C-]=Nc1[c-]cccc1.[Y]. The first kappa shape index (κ1) is 13.6. The Morgan fingerprint density at radius 1 is 1.45 bits per heavy atom. The monoisotopic (exact) mass is 222 g/mol. The van der Waals surface area contributed by atoms with E-state index in [1.807, 2.05) is 24.3 Å². The summed E-state index contributed by atoms with van der Waals surface area (Å²) in [4.78, 5) is 3.90. The molecule has 0 aromatic heterocycles. The van der Waals surface area contributed by atoms with E-state index in [9.17, 15) is 0 Å². The summed E-state index contributed by atoms with van der Waals surface area (Å²) in [6.45, 7) is 1.76. The molecular weight excluding hydrogens is 211 g/mol. The van der Waals surface area contributed by atoms with Gasteiger partial charge in [-0.3, -0.25) is 6.07 Å². The Bertz CT molecular complexity index is 194. The summed E-state index contributed by atoms with van der Waals surface area (Å²) in [6, 6.07) is 10.5. The van der Waals surface area contributed by atoms with Gasteiger partial charge in [-0.25, -0.2) is 11.8 Å². The number of aliphatic imine (C=N–C) groups is 1. The molecule has 0 aliphatic carbocycles. The Balaban J connectivity index is 0. The summed E-state index contributed by atoms with van der Waals surface area (Å²) >= 11 is 0. The summed E-state index contributed by atoms with van der Waals surface area (Å²) in [7, 11) is 0. The zero-order valence-electron chi connectivity index (χ0n) is 5.83. The minimum Gasteiger partial charge on any atom is -0.482 e. The number of rotatable bonds is 1. The van der Waals surface area contributed by atoms with Gasteiger partial charge in [-0.2, -0.15) is 24.4 Å². The van der Waals surface area contributed by atoms with Gasteiger partial charge in [0.2, 0.25) is 0 Å². The molecule has 0 fully saturated rings. The van der Waals surface area contributed by atoms with Crippen LogP contribution in [-0.2, 0) is 32.7 Å². The maximum atomic E-state index is 3.90. The Kier molecular flexibility index (Phi) is 9.99. The van der Waals surface area contributed by atoms with Crippen LogP contribution in [-0.4, -0.2) is 6.21 Å². The van der Waals surface area contributed by atoms with Crippen LogP contribution in [0.3, 0.4) is 0 Å². The van der Waals surface area contributed by atoms with Crippen molar-refractivity contribution in [1.29, 1.82) is 0 Å². The quantitative estimate of drug-likeness (QED) is 0.511. The Morgan fingerprint density at radius 3 is 2.64 bits per heavy atom. The number of nitrogens with zero attached hydrogens (tertiary/aromatic N) is 1. The number of benzene rings is 1. The third-order valence-corrected chi connectivity index (χ3v) is 0.925. The molecule has 0 saturated heterocycles. The molecule has 0 saturated carbocycles. The van der Waals surface area contributed by atoms with Gasteiger partial charge in [0.25, 0.3) is 0 Å². The second kappa shape index (κ2) is 8.09. The van der Waals surface area contributed by atoms with Crippen LogP contribution in [0.2, 0.25) is 0 Å². The van der Waals surface area contributed by atoms with Crippen molar-refractivity contribution in [3.05, 3.63) is 30.3 Å². The van der Waals surface area contributed by atoms with Crippen LogP contribution in [0.25, 0.3) is 0 Å². The third kappa shape index (κ3) is 5.28. The van der Waals surface area contributed by atoms with Crippen LogP contribution >= 0.6 is 0 Å². The van der Waals surface area contributed by atoms with Crippen molar-refractivity contribution in [2.24, 2.45) is 4.99 Å². The average Bonchev–Trinajstić information content (AvgIpc) is 1.91. The van der Waals surface area contributed by atoms with Crippen molar-refractivity contribution in [3.63, 3.8) is 0 Å². The Labute approximate surface area is 93.8 Å². The molecule has 1 nitrogen and oxygen atoms in total. The van der Waals surface area contributed by atoms with Crippen LogP contribution in [0.5, 0.6) is 0 Å². The van der Waals surface area contributed by atoms with E-state index in [4.69, 9.17) is 0 Å². The van der Waals surface area contributed by atoms with Gasteiger partial charge in [0.1, 0.15) is 0 Å². The Morgan fingerprint density at radius 2 is 2.18 bits per heavy atom. The van der Waals surface area contributed by atoms with Crippen molar-refractivity contribution in [1.82, 2.24) is 0 Å². The number of hydrogen-bond acceptors (Lipinski definition) is 1. The normalized spacial score (nSPS) is 8.45. The summed E-state index contributed by atoms with van der Waals surface area (Å²) in [5.41, 5.74) is 0.833. The van der Waals surface area contributed by atoms with E-state index in [-0.39, 0.29) is 40.1 Å². The van der Waals surface area contributed by atoms with Crippen molar-refractivity contribution in [3.8, 4) is 0 Å². The second-order valence-electron chi connectivity index (χ2n) is 1.58. The second-order valence-corrected chi connectivity index (χ2v) is 1.58. The maximum absolute atomic E-state index is 3.90. The minimum absolute atomic E-state index is 0. The van der Waals surface area contributed by atoms with E-state index < -0.39 is 0 Å². The van der Waals surface area contributed by atoms with Gasteiger partial charge in [0.05, 0.1) is 0 Å². The van der Waals surface area contributed by atoms with E-state index in [0.717, 1.165) is 5.69 Å². The van der Waals surface area contributed by atoms with Gasteiger partial charge >= 0.3 is 0 Å². The standard InChI is InChI=1S/C8H7N.CH4.Y/c1-2-9-8-6-4-3-5-7-8;;/h3-6H,1H3;1H4;/q-2;;. The number of para-hydroxylation sites is 1. The minimum atomic E-state index is 0. The summed E-state index contributed by atoms with van der Waals surface area (Å²) < 4.78 is 0. The molecule has 0 bridgehead atoms. The molecule has 0 aliphatic rings. The van der Waals surface area contributed by atoms with E-state index >= 15 is 0 Å². The van der Waals surface area contributed by atoms with Crippen molar-refractivity contribution >= 4 is 11.9 Å². The van der Waals surface area contributed by atoms with Gasteiger partial charge in [0.15, 0.2) is 0 Å². The molecule has 57 valence electrons. The largest absolute Gasteiger partial charge is 0.482 e. The molecule has 0 heterocycles. The summed E-state index contributed by atoms with van der Waals surface area (Å²) in [6.07, 6.45) is 2.68. The van der Waals surface area contributed by atoms with Crippen LogP contribution in [0, 0.1) is 6.07 Å². The molecule has 11 heavy (non-hydrogen) atoms. The predicted octanol–water partition coefficient (Wildman–Crippen LogP) is 2.72. The fourth-order valence-corrected chi connectivity index (χ4v) is 0.574. The van der Waals surface area contributed by atoms with E-state index in [0.29, 0.717) is 0 Å². The van der Waals surface area contributed by atoms with E-state index in [2.05, 4.69) is 17.3 Å². The molecule has 0 amide bonds. The first-order valence-corrected chi connectivity index (χ1v) is 2.77. The number of hydrogen-bond donors (Lipinski definition) is 0. The van der Waals surface area contributed by atoms with Crippen LogP contribution in [0.1, 0.15) is 14.4 Å². The molecule has 0 atom stereocenters. The fourth-order valence-electron chi connectivity index (χ4n) is 0.574.